The molecule has 2 aromatic rings. The maximum absolute atomic E-state index is 11.6. The Kier molecular flexibility index (Phi) is 3.02. The molecule has 6 nitrogen and oxygen atoms in total. The summed E-state index contributed by atoms with van der Waals surface area (Å²) in [7, 11) is 0. The van der Waals surface area contributed by atoms with Crippen LogP contribution >= 0.6 is 11.6 Å². The molecule has 0 saturated carbocycles. The van der Waals surface area contributed by atoms with E-state index in [1.54, 1.807) is 0 Å². The number of hydrogen-bond acceptors (Lipinski definition) is 5. The first-order valence-electron chi connectivity index (χ1n) is 4.29. The second-order valence-corrected chi connectivity index (χ2v) is 3.20. The predicted octanol–water partition coefficient (Wildman–Crippen LogP) is 1.17. The minimum atomic E-state index is -0.364. The third-order valence-corrected chi connectivity index (χ3v) is 1.85. The number of carbonyl (C=O) groups excluding carboxylic acids is 1. The van der Waals surface area contributed by atoms with Crippen LogP contribution in [0.25, 0.3) is 0 Å². The molecule has 2 heterocycles. The van der Waals surface area contributed by atoms with E-state index < -0.39 is 0 Å². The first-order chi connectivity index (χ1) is 7.75. The van der Waals surface area contributed by atoms with Crippen molar-refractivity contribution in [1.82, 2.24) is 19.9 Å². The number of halogens is 1. The van der Waals surface area contributed by atoms with Crippen molar-refractivity contribution < 1.29 is 4.79 Å². The van der Waals surface area contributed by atoms with E-state index in [1.807, 2.05) is 0 Å². The summed E-state index contributed by atoms with van der Waals surface area (Å²) in [6.07, 6.45) is 6.92. The fraction of sp³-hybridized carbons (Fsp3) is 0. The fourth-order valence-corrected chi connectivity index (χ4v) is 1.15. The van der Waals surface area contributed by atoms with Gasteiger partial charge in [0.2, 0.25) is 0 Å². The highest BCUT2D eigenvalue weighted by Gasteiger charge is 2.07. The number of carbonyl (C=O) groups is 1. The summed E-state index contributed by atoms with van der Waals surface area (Å²) in [5, 5.41) is 2.73. The molecule has 0 saturated heterocycles. The number of amides is 1. The first kappa shape index (κ1) is 10.4. The van der Waals surface area contributed by atoms with E-state index in [4.69, 9.17) is 11.6 Å². The Balaban J connectivity index is 2.14. The van der Waals surface area contributed by atoms with E-state index in [0.717, 1.165) is 0 Å². The third kappa shape index (κ3) is 2.48. The molecule has 0 aromatic carbocycles. The molecule has 0 bridgehead atoms. The van der Waals surface area contributed by atoms with Gasteiger partial charge in [-0.2, -0.15) is 0 Å². The van der Waals surface area contributed by atoms with Gasteiger partial charge in [0.25, 0.3) is 5.91 Å². The molecule has 80 valence electrons. The number of aromatic nitrogens is 4. The zero-order valence-electron chi connectivity index (χ0n) is 7.96. The smallest absolute Gasteiger partial charge is 0.259 e. The van der Waals surface area contributed by atoms with Crippen LogP contribution < -0.4 is 5.32 Å². The lowest BCUT2D eigenvalue weighted by molar-refractivity contribution is 0.102. The fourth-order valence-electron chi connectivity index (χ4n) is 1.01. The number of hydrogen-bond donors (Lipinski definition) is 1. The van der Waals surface area contributed by atoms with Gasteiger partial charge >= 0.3 is 0 Å². The zero-order chi connectivity index (χ0) is 11.4. The van der Waals surface area contributed by atoms with Crippen molar-refractivity contribution >= 4 is 23.3 Å². The Hall–Kier alpha value is -2.08. The summed E-state index contributed by atoms with van der Waals surface area (Å²) >= 11 is 5.62. The molecule has 0 unspecified atom stereocenters. The van der Waals surface area contributed by atoms with Crippen LogP contribution in [-0.2, 0) is 0 Å². The topological polar surface area (TPSA) is 80.7 Å². The number of anilines is 1. The molecule has 0 aliphatic carbocycles. The lowest BCUT2D eigenvalue weighted by Gasteiger charge is -2.02. The van der Waals surface area contributed by atoms with Crippen molar-refractivity contribution in [3.8, 4) is 0 Å². The van der Waals surface area contributed by atoms with Crippen molar-refractivity contribution in [2.75, 3.05) is 5.32 Å². The van der Waals surface area contributed by atoms with Gasteiger partial charge in [0, 0.05) is 12.4 Å². The van der Waals surface area contributed by atoms with Gasteiger partial charge in [-0.05, 0) is 0 Å². The Morgan fingerprint density at radius 3 is 2.56 bits per heavy atom. The minimum absolute atomic E-state index is 0.210. The molecule has 7 heteroatoms. The van der Waals surface area contributed by atoms with E-state index in [9.17, 15) is 4.79 Å². The van der Waals surface area contributed by atoms with E-state index in [0.29, 0.717) is 5.56 Å². The first-order valence-corrected chi connectivity index (χ1v) is 4.67. The van der Waals surface area contributed by atoms with Crippen LogP contribution in [-0.4, -0.2) is 25.8 Å². The monoisotopic (exact) mass is 235 g/mol. The summed E-state index contributed by atoms with van der Waals surface area (Å²) in [6, 6.07) is 0. The quantitative estimate of drug-likeness (QED) is 0.845. The molecular formula is C9H6ClN5O. The highest BCUT2D eigenvalue weighted by Crippen LogP contribution is 2.07. The summed E-state index contributed by atoms with van der Waals surface area (Å²) in [5.74, 6) is -0.0847. The molecule has 0 fully saturated rings. The van der Waals surface area contributed by atoms with Crippen LogP contribution in [0, 0.1) is 0 Å². The van der Waals surface area contributed by atoms with Gasteiger partial charge in [-0.15, -0.1) is 0 Å². The largest absolute Gasteiger partial charge is 0.305 e. The predicted molar refractivity (Wildman–Crippen MR) is 57.0 cm³/mol. The van der Waals surface area contributed by atoms with E-state index >= 15 is 0 Å². The summed E-state index contributed by atoms with van der Waals surface area (Å²) in [4.78, 5) is 26.7. The molecule has 0 atom stereocenters. The molecule has 0 aliphatic heterocycles. The van der Waals surface area contributed by atoms with Gasteiger partial charge < -0.3 is 5.32 Å². The van der Waals surface area contributed by atoms with Gasteiger partial charge in [-0.3, -0.25) is 9.78 Å². The molecule has 16 heavy (non-hydrogen) atoms. The van der Waals surface area contributed by atoms with Crippen molar-refractivity contribution in [3.63, 3.8) is 0 Å². The second-order valence-electron chi connectivity index (χ2n) is 2.81. The summed E-state index contributed by atoms with van der Waals surface area (Å²) in [5.41, 5.74) is 0.337. The molecule has 1 N–H and O–H groups in total. The Bertz CT molecular complexity index is 504. The van der Waals surface area contributed by atoms with Crippen LogP contribution in [0.2, 0.25) is 5.15 Å². The van der Waals surface area contributed by atoms with Gasteiger partial charge in [-0.1, -0.05) is 11.6 Å². The highest BCUT2D eigenvalue weighted by atomic mass is 35.5. The zero-order valence-corrected chi connectivity index (χ0v) is 8.72. The SMILES string of the molecule is O=C(Nc1cncc(Cl)n1)c1cncnc1. The maximum Gasteiger partial charge on any atom is 0.259 e. The average molecular weight is 236 g/mol. The average Bonchev–Trinajstić information content (AvgIpc) is 2.30. The van der Waals surface area contributed by atoms with Crippen molar-refractivity contribution in [2.24, 2.45) is 0 Å². The summed E-state index contributed by atoms with van der Waals surface area (Å²) in [6.45, 7) is 0. The summed E-state index contributed by atoms with van der Waals surface area (Å²) < 4.78 is 0. The minimum Gasteiger partial charge on any atom is -0.305 e. The Morgan fingerprint density at radius 1 is 1.12 bits per heavy atom. The molecular weight excluding hydrogens is 230 g/mol. The van der Waals surface area contributed by atoms with Crippen molar-refractivity contribution in [2.45, 2.75) is 0 Å². The van der Waals surface area contributed by atoms with Crippen LogP contribution in [0.5, 0.6) is 0 Å². The standard InChI is InChI=1S/C9H6ClN5O/c10-7-3-11-4-8(14-7)15-9(16)6-1-12-5-13-2-6/h1-5H,(H,14,15,16). The van der Waals surface area contributed by atoms with Crippen LogP contribution in [0.15, 0.2) is 31.1 Å². The number of rotatable bonds is 2. The van der Waals surface area contributed by atoms with Gasteiger partial charge in [0.05, 0.1) is 18.0 Å². The molecule has 2 rings (SSSR count). The van der Waals surface area contributed by atoms with E-state index in [2.05, 4.69) is 25.3 Å². The second kappa shape index (κ2) is 4.63. The van der Waals surface area contributed by atoms with Gasteiger partial charge in [-0.25, -0.2) is 15.0 Å². The molecule has 0 aliphatic rings. The van der Waals surface area contributed by atoms with E-state index in [1.165, 1.54) is 31.1 Å². The normalized spacial score (nSPS) is 9.81. The maximum atomic E-state index is 11.6. The number of nitrogens with one attached hydrogen (secondary N) is 1. The van der Waals surface area contributed by atoms with E-state index in [-0.39, 0.29) is 16.9 Å². The lowest BCUT2D eigenvalue weighted by Crippen LogP contribution is -2.13. The van der Waals surface area contributed by atoms with Crippen molar-refractivity contribution in [1.29, 1.82) is 0 Å². The van der Waals surface area contributed by atoms with Gasteiger partial charge in [0.15, 0.2) is 5.82 Å². The van der Waals surface area contributed by atoms with Crippen molar-refractivity contribution in [3.05, 3.63) is 41.8 Å². The Labute approximate surface area is 95.7 Å². The molecule has 0 spiro atoms. The van der Waals surface area contributed by atoms with Crippen LogP contribution in [0.1, 0.15) is 10.4 Å². The van der Waals surface area contributed by atoms with Crippen LogP contribution in [0.3, 0.4) is 0 Å². The molecule has 0 radical (unpaired) electrons. The van der Waals surface area contributed by atoms with Crippen LogP contribution in [0.4, 0.5) is 5.82 Å². The Morgan fingerprint density at radius 2 is 1.88 bits per heavy atom. The van der Waals surface area contributed by atoms with Gasteiger partial charge in [0.1, 0.15) is 11.5 Å². The number of nitrogens with zero attached hydrogens (tertiary/aromatic N) is 4. The lowest BCUT2D eigenvalue weighted by atomic mass is 10.3. The highest BCUT2D eigenvalue weighted by molar-refractivity contribution is 6.29. The molecule has 2 aromatic heterocycles. The third-order valence-electron chi connectivity index (χ3n) is 1.67. The molecule has 1 amide bonds.